The van der Waals surface area contributed by atoms with Crippen molar-refractivity contribution in [3.8, 4) is 5.88 Å². The van der Waals surface area contributed by atoms with E-state index in [0.717, 1.165) is 4.90 Å². The Balaban J connectivity index is 2.09. The second-order valence-corrected chi connectivity index (χ2v) is 10.1. The lowest BCUT2D eigenvalue weighted by Gasteiger charge is -2.27. The average Bonchev–Trinajstić information content (AvgIpc) is 3.12. The van der Waals surface area contributed by atoms with Crippen LogP contribution in [0.25, 0.3) is 0 Å². The molecule has 2 aromatic rings. The molecule has 14 heteroatoms. The number of rotatable bonds is 11. The van der Waals surface area contributed by atoms with Gasteiger partial charge in [0.05, 0.1) is 23.1 Å². The third kappa shape index (κ3) is 8.24. The molecule has 0 saturated heterocycles. The highest BCUT2D eigenvalue weighted by molar-refractivity contribution is 7.91. The Morgan fingerprint density at radius 1 is 1.11 bits per heavy atom. The van der Waals surface area contributed by atoms with Gasteiger partial charge in [-0.3, -0.25) is 14.2 Å². The largest absolute Gasteiger partial charge is 0.463 e. The molecule has 0 aliphatic rings. The maximum Gasteiger partial charge on any atom is 0.415 e. The van der Waals surface area contributed by atoms with Gasteiger partial charge in [0.2, 0.25) is 0 Å². The molecule has 0 radical (unpaired) electrons. The van der Waals surface area contributed by atoms with Crippen LogP contribution in [-0.2, 0) is 28.9 Å². The highest BCUT2D eigenvalue weighted by atomic mass is 32.2. The molecule has 192 valence electrons. The van der Waals surface area contributed by atoms with Crippen molar-refractivity contribution in [2.75, 3.05) is 26.3 Å². The molecule has 1 amide bonds. The molecule has 0 unspecified atom stereocenters. The van der Waals surface area contributed by atoms with E-state index in [2.05, 4.69) is 9.79 Å². The van der Waals surface area contributed by atoms with Gasteiger partial charge < -0.3 is 24.3 Å². The number of Topliss-reactive ketones (excluding diaryl/α,β-unsaturated/α-hetero) is 1. The van der Waals surface area contributed by atoms with E-state index in [-0.39, 0.29) is 41.9 Å². The molecule has 0 fully saturated rings. The molecule has 1 heterocycles. The number of sulfone groups is 1. The number of amides is 1. The van der Waals surface area contributed by atoms with Gasteiger partial charge in [0.1, 0.15) is 31.0 Å². The highest BCUT2D eigenvalue weighted by Crippen LogP contribution is 2.24. The highest BCUT2D eigenvalue weighted by Gasteiger charge is 2.36. The van der Waals surface area contributed by atoms with Crippen molar-refractivity contribution in [3.05, 3.63) is 35.5 Å². The maximum atomic E-state index is 12.8. The number of esters is 1. The van der Waals surface area contributed by atoms with Crippen LogP contribution in [0.2, 0.25) is 0 Å². The number of hydrogen-bond acceptors (Lipinski definition) is 11. The van der Waals surface area contributed by atoms with Crippen LogP contribution in [-0.4, -0.2) is 68.2 Å². The zero-order chi connectivity index (χ0) is 26.2. The van der Waals surface area contributed by atoms with E-state index in [1.165, 1.54) is 31.2 Å². The van der Waals surface area contributed by atoms with Crippen LogP contribution in [0, 0.1) is 5.21 Å². The van der Waals surface area contributed by atoms with E-state index in [9.17, 15) is 28.0 Å². The normalized spacial score (nSPS) is 11.5. The van der Waals surface area contributed by atoms with E-state index in [1.807, 2.05) is 0 Å². The first-order chi connectivity index (χ1) is 16.3. The summed E-state index contributed by atoms with van der Waals surface area (Å²) in [5.41, 5.74) is -0.821. The SMILES string of the molecule is CC(=O)CC(=O)OCCN(CCOc1no[n+]([O-])c1S(=O)(=O)c1ccccc1)C(=O)OC(C)(C)C. The zero-order valence-corrected chi connectivity index (χ0v) is 20.6. The first-order valence-electron chi connectivity index (χ1n) is 10.5. The van der Waals surface area contributed by atoms with Crippen LogP contribution in [0.5, 0.6) is 5.88 Å². The van der Waals surface area contributed by atoms with Gasteiger partial charge in [0.15, 0.2) is 0 Å². The molecule has 1 aromatic heterocycles. The van der Waals surface area contributed by atoms with Crippen molar-refractivity contribution < 1.29 is 46.5 Å². The van der Waals surface area contributed by atoms with Crippen LogP contribution in [0.3, 0.4) is 0 Å². The molecule has 0 saturated carbocycles. The van der Waals surface area contributed by atoms with Gasteiger partial charge in [0, 0.05) is 0 Å². The molecule has 0 bridgehead atoms. The van der Waals surface area contributed by atoms with E-state index in [1.54, 1.807) is 26.8 Å². The molecular formula is C21H27N3O10S. The van der Waals surface area contributed by atoms with Crippen molar-refractivity contribution >= 4 is 27.7 Å². The summed E-state index contributed by atoms with van der Waals surface area (Å²) < 4.78 is 45.7. The van der Waals surface area contributed by atoms with Crippen molar-refractivity contribution in [2.45, 2.75) is 49.6 Å². The summed E-state index contributed by atoms with van der Waals surface area (Å²) in [5, 5.41) is 14.5. The van der Waals surface area contributed by atoms with Crippen LogP contribution < -0.4 is 9.64 Å². The Hall–Kier alpha value is -3.68. The van der Waals surface area contributed by atoms with E-state index < -0.39 is 44.8 Å². The van der Waals surface area contributed by atoms with E-state index in [4.69, 9.17) is 14.2 Å². The van der Waals surface area contributed by atoms with Gasteiger partial charge in [-0.15, -0.1) is 0 Å². The number of ketones is 1. The number of carbonyl (C=O) groups is 3. The van der Waals surface area contributed by atoms with Gasteiger partial charge >= 0.3 is 23.0 Å². The molecular weight excluding hydrogens is 486 g/mol. The van der Waals surface area contributed by atoms with Crippen LogP contribution in [0.1, 0.15) is 34.1 Å². The fourth-order valence-electron chi connectivity index (χ4n) is 2.64. The van der Waals surface area contributed by atoms with Gasteiger partial charge in [0.25, 0.3) is 9.84 Å². The smallest absolute Gasteiger partial charge is 0.415 e. The summed E-state index contributed by atoms with van der Waals surface area (Å²) in [6.07, 6.45) is -1.14. The third-order valence-electron chi connectivity index (χ3n) is 4.12. The lowest BCUT2D eigenvalue weighted by Crippen LogP contribution is -2.41. The number of ether oxygens (including phenoxy) is 3. The minimum absolute atomic E-state index is 0.0997. The molecule has 0 aliphatic carbocycles. The van der Waals surface area contributed by atoms with Gasteiger partial charge in [-0.05, 0) is 44.7 Å². The summed E-state index contributed by atoms with van der Waals surface area (Å²) in [4.78, 5) is 35.8. The van der Waals surface area contributed by atoms with E-state index >= 15 is 0 Å². The van der Waals surface area contributed by atoms with Crippen LogP contribution >= 0.6 is 0 Å². The molecule has 0 spiro atoms. The number of nitrogens with zero attached hydrogens (tertiary/aromatic N) is 3. The Morgan fingerprint density at radius 2 is 1.74 bits per heavy atom. The maximum absolute atomic E-state index is 12.8. The minimum atomic E-state index is -4.30. The van der Waals surface area contributed by atoms with Gasteiger partial charge in [-0.25, -0.2) is 13.2 Å². The second kappa shape index (κ2) is 11.6. The lowest BCUT2D eigenvalue weighted by molar-refractivity contribution is -0.832. The van der Waals surface area contributed by atoms with Crippen molar-refractivity contribution in [3.63, 3.8) is 0 Å². The predicted molar refractivity (Wildman–Crippen MR) is 117 cm³/mol. The molecule has 0 aliphatic heterocycles. The standard InChI is InChI=1S/C21H27N3O10S/c1-15(25)14-17(26)31-12-10-23(20(27)33-21(2,3)4)11-13-32-18-19(24(28)34-22-18)35(29,30)16-8-6-5-7-9-16/h5-9H,10-14H2,1-4H3. The number of aromatic nitrogens is 2. The van der Waals surface area contributed by atoms with E-state index in [0.29, 0.717) is 0 Å². The molecule has 0 atom stereocenters. The Morgan fingerprint density at radius 3 is 2.34 bits per heavy atom. The van der Waals surface area contributed by atoms with Gasteiger partial charge in [-0.2, -0.15) is 0 Å². The monoisotopic (exact) mass is 513 g/mol. The quantitative estimate of drug-likeness (QED) is 0.241. The van der Waals surface area contributed by atoms with Crippen molar-refractivity contribution in [2.24, 2.45) is 0 Å². The Kier molecular flexibility index (Phi) is 9.17. The number of hydrogen-bond donors (Lipinski definition) is 0. The average molecular weight is 514 g/mol. The lowest BCUT2D eigenvalue weighted by atomic mass is 10.2. The molecule has 35 heavy (non-hydrogen) atoms. The zero-order valence-electron chi connectivity index (χ0n) is 19.8. The first kappa shape index (κ1) is 27.6. The number of carbonyl (C=O) groups excluding carboxylic acids is 3. The Labute approximate surface area is 202 Å². The molecule has 13 nitrogen and oxygen atoms in total. The fraction of sp³-hybridized carbons (Fsp3) is 0.476. The predicted octanol–water partition coefficient (Wildman–Crippen LogP) is 1.28. The van der Waals surface area contributed by atoms with Crippen LogP contribution in [0.4, 0.5) is 4.79 Å². The first-order valence-corrected chi connectivity index (χ1v) is 11.9. The molecule has 0 N–H and O–H groups in total. The topological polar surface area (TPSA) is 169 Å². The minimum Gasteiger partial charge on any atom is -0.463 e. The summed E-state index contributed by atoms with van der Waals surface area (Å²) >= 11 is 0. The molecule has 2 rings (SSSR count). The van der Waals surface area contributed by atoms with Gasteiger partial charge in [-0.1, -0.05) is 18.2 Å². The summed E-state index contributed by atoms with van der Waals surface area (Å²) in [5.74, 6) is -1.69. The van der Waals surface area contributed by atoms with Crippen LogP contribution in [0.15, 0.2) is 44.9 Å². The summed E-state index contributed by atoms with van der Waals surface area (Å²) in [7, 11) is -4.30. The fourth-order valence-corrected chi connectivity index (χ4v) is 3.93. The number of benzene rings is 1. The Bertz CT molecular complexity index is 1140. The molecule has 1 aromatic carbocycles. The summed E-state index contributed by atoms with van der Waals surface area (Å²) in [6, 6.07) is 7.17. The summed E-state index contributed by atoms with van der Waals surface area (Å²) in [6.45, 7) is 5.47. The third-order valence-corrected chi connectivity index (χ3v) is 5.85. The van der Waals surface area contributed by atoms with Crippen molar-refractivity contribution in [1.29, 1.82) is 0 Å². The second-order valence-electron chi connectivity index (χ2n) is 8.27. The van der Waals surface area contributed by atoms with Crippen molar-refractivity contribution in [1.82, 2.24) is 10.1 Å².